The molecule has 112 valence electrons. The number of carbonyl (C=O) groups is 1. The molecule has 2 rings (SSSR count). The molecule has 0 N–H and O–H groups in total. The van der Waals surface area contributed by atoms with Crippen LogP contribution >= 0.6 is 0 Å². The summed E-state index contributed by atoms with van der Waals surface area (Å²) in [7, 11) is 1.32. The Hall–Kier alpha value is -2.37. The quantitative estimate of drug-likeness (QED) is 0.787. The maximum Gasteiger partial charge on any atom is 0.328 e. The average Bonchev–Trinajstić information content (AvgIpc) is 2.79. The zero-order chi connectivity index (χ0) is 15.4. The van der Waals surface area contributed by atoms with E-state index in [4.69, 9.17) is 0 Å². The molecule has 6 heteroatoms. The summed E-state index contributed by atoms with van der Waals surface area (Å²) in [5.41, 5.74) is 0.464. The van der Waals surface area contributed by atoms with Crippen LogP contribution in [0.1, 0.15) is 12.5 Å². The molecule has 0 aliphatic carbocycles. The minimum absolute atomic E-state index is 0.241. The zero-order valence-corrected chi connectivity index (χ0v) is 12.0. The summed E-state index contributed by atoms with van der Waals surface area (Å²) < 4.78 is 20.7. The molecular formula is C15H17FN2O3. The molecule has 0 bridgehead atoms. The Morgan fingerprint density at radius 3 is 2.71 bits per heavy atom. The first kappa shape index (κ1) is 15.0. The Morgan fingerprint density at radius 2 is 2.05 bits per heavy atom. The van der Waals surface area contributed by atoms with Crippen LogP contribution in [0, 0.1) is 11.7 Å². The first-order chi connectivity index (χ1) is 10.0. The van der Waals surface area contributed by atoms with Gasteiger partial charge in [-0.3, -0.25) is 13.9 Å². The Labute approximate surface area is 121 Å². The highest BCUT2D eigenvalue weighted by atomic mass is 19.1. The largest absolute Gasteiger partial charge is 0.469 e. The average molecular weight is 292 g/mol. The van der Waals surface area contributed by atoms with E-state index >= 15 is 0 Å². The first-order valence-electron chi connectivity index (χ1n) is 6.59. The van der Waals surface area contributed by atoms with Crippen LogP contribution in [0.25, 0.3) is 0 Å². The van der Waals surface area contributed by atoms with Gasteiger partial charge in [0.05, 0.1) is 19.6 Å². The van der Waals surface area contributed by atoms with Crippen LogP contribution in [0.4, 0.5) is 4.39 Å². The van der Waals surface area contributed by atoms with E-state index in [1.165, 1.54) is 28.4 Å². The molecule has 0 aliphatic heterocycles. The Bertz CT molecular complexity index is 690. The summed E-state index contributed by atoms with van der Waals surface area (Å²) in [5.74, 6) is -1.10. The summed E-state index contributed by atoms with van der Waals surface area (Å²) in [6.07, 6.45) is 3.23. The van der Waals surface area contributed by atoms with Gasteiger partial charge in [-0.15, -0.1) is 0 Å². The molecule has 1 unspecified atom stereocenters. The van der Waals surface area contributed by atoms with Gasteiger partial charge < -0.3 is 4.74 Å². The second-order valence-electron chi connectivity index (χ2n) is 4.92. The zero-order valence-electron chi connectivity index (χ0n) is 12.0. The maximum atomic E-state index is 13.1. The van der Waals surface area contributed by atoms with E-state index in [1.807, 2.05) is 0 Å². The lowest BCUT2D eigenvalue weighted by Crippen LogP contribution is -2.28. The highest BCUT2D eigenvalue weighted by Gasteiger charge is 2.15. The Morgan fingerprint density at radius 1 is 1.33 bits per heavy atom. The standard InChI is InChI=1S/C15H17FN2O3/c1-11(14(19)21-2)9-17-6-7-18(15(17)20)10-12-4-3-5-13(16)8-12/h3-8,11H,9-10H2,1-2H3. The maximum absolute atomic E-state index is 13.1. The SMILES string of the molecule is COC(=O)C(C)Cn1ccn(Cc2cccc(F)c2)c1=O. The Balaban J connectivity index is 2.14. The molecular weight excluding hydrogens is 275 g/mol. The topological polar surface area (TPSA) is 53.2 Å². The molecule has 0 aliphatic rings. The van der Waals surface area contributed by atoms with E-state index in [-0.39, 0.29) is 30.6 Å². The third-order valence-corrected chi connectivity index (χ3v) is 3.23. The molecule has 0 fully saturated rings. The van der Waals surface area contributed by atoms with Crippen molar-refractivity contribution < 1.29 is 13.9 Å². The minimum Gasteiger partial charge on any atom is -0.469 e. The van der Waals surface area contributed by atoms with Crippen molar-refractivity contribution in [3.63, 3.8) is 0 Å². The van der Waals surface area contributed by atoms with Gasteiger partial charge in [0, 0.05) is 18.9 Å². The van der Waals surface area contributed by atoms with E-state index in [0.29, 0.717) is 5.56 Å². The number of hydrogen-bond donors (Lipinski definition) is 0. The lowest BCUT2D eigenvalue weighted by Gasteiger charge is -2.09. The van der Waals surface area contributed by atoms with Gasteiger partial charge in [-0.1, -0.05) is 19.1 Å². The molecule has 21 heavy (non-hydrogen) atoms. The minimum atomic E-state index is -0.405. The molecule has 1 atom stereocenters. The van der Waals surface area contributed by atoms with E-state index in [9.17, 15) is 14.0 Å². The molecule has 0 radical (unpaired) electrons. The van der Waals surface area contributed by atoms with Crippen molar-refractivity contribution in [1.82, 2.24) is 9.13 Å². The number of methoxy groups -OCH3 is 1. The van der Waals surface area contributed by atoms with Crippen LogP contribution in [0.3, 0.4) is 0 Å². The fourth-order valence-electron chi connectivity index (χ4n) is 2.12. The summed E-state index contributed by atoms with van der Waals surface area (Å²) in [4.78, 5) is 23.6. The van der Waals surface area contributed by atoms with Gasteiger partial charge in [0.2, 0.25) is 0 Å². The van der Waals surface area contributed by atoms with Crippen LogP contribution in [0.15, 0.2) is 41.5 Å². The Kier molecular flexibility index (Phi) is 4.57. The molecule has 2 aromatic rings. The number of rotatable bonds is 5. The second-order valence-corrected chi connectivity index (χ2v) is 4.92. The highest BCUT2D eigenvalue weighted by Crippen LogP contribution is 2.06. The summed E-state index contributed by atoms with van der Waals surface area (Å²) in [6.45, 7) is 2.24. The molecule has 0 amide bonds. The van der Waals surface area contributed by atoms with E-state index in [1.54, 1.807) is 31.5 Å². The number of esters is 1. The number of halogens is 1. The molecule has 0 spiro atoms. The van der Waals surface area contributed by atoms with Gasteiger partial charge in [0.1, 0.15) is 5.82 Å². The van der Waals surface area contributed by atoms with E-state index < -0.39 is 5.92 Å². The number of nitrogens with zero attached hydrogens (tertiary/aromatic N) is 2. The van der Waals surface area contributed by atoms with Crippen molar-refractivity contribution in [3.05, 3.63) is 58.5 Å². The fraction of sp³-hybridized carbons (Fsp3) is 0.333. The van der Waals surface area contributed by atoms with Gasteiger partial charge in [-0.2, -0.15) is 0 Å². The third-order valence-electron chi connectivity index (χ3n) is 3.23. The number of aromatic nitrogens is 2. The molecule has 1 aromatic heterocycles. The third kappa shape index (κ3) is 3.59. The summed E-state index contributed by atoms with van der Waals surface area (Å²) >= 11 is 0. The van der Waals surface area contributed by atoms with Gasteiger partial charge in [-0.05, 0) is 17.7 Å². The molecule has 1 aromatic carbocycles. The monoisotopic (exact) mass is 292 g/mol. The van der Waals surface area contributed by atoms with Gasteiger partial charge >= 0.3 is 11.7 Å². The fourth-order valence-corrected chi connectivity index (χ4v) is 2.12. The smallest absolute Gasteiger partial charge is 0.328 e. The number of benzene rings is 1. The van der Waals surface area contributed by atoms with Crippen LogP contribution in [0.5, 0.6) is 0 Å². The van der Waals surface area contributed by atoms with Crippen molar-refractivity contribution in [2.75, 3.05) is 7.11 Å². The van der Waals surface area contributed by atoms with E-state index in [2.05, 4.69) is 4.74 Å². The predicted molar refractivity (Wildman–Crippen MR) is 75.4 cm³/mol. The van der Waals surface area contributed by atoms with Gasteiger partial charge in [0.25, 0.3) is 0 Å². The van der Waals surface area contributed by atoms with Crippen LogP contribution in [0.2, 0.25) is 0 Å². The normalized spacial score (nSPS) is 12.1. The highest BCUT2D eigenvalue weighted by molar-refractivity contribution is 5.71. The van der Waals surface area contributed by atoms with Crippen molar-refractivity contribution >= 4 is 5.97 Å². The van der Waals surface area contributed by atoms with Gasteiger partial charge in [0.15, 0.2) is 0 Å². The number of imidazole rings is 1. The van der Waals surface area contributed by atoms with E-state index in [0.717, 1.165) is 0 Å². The van der Waals surface area contributed by atoms with Crippen LogP contribution in [-0.2, 0) is 22.6 Å². The predicted octanol–water partition coefficient (Wildman–Crippen LogP) is 1.65. The molecule has 0 saturated carbocycles. The lowest BCUT2D eigenvalue weighted by molar-refractivity contribution is -0.145. The molecule has 5 nitrogen and oxygen atoms in total. The number of ether oxygens (including phenoxy) is 1. The summed E-state index contributed by atoms with van der Waals surface area (Å²) in [5, 5.41) is 0. The second kappa shape index (κ2) is 6.39. The van der Waals surface area contributed by atoms with Crippen molar-refractivity contribution in [2.24, 2.45) is 5.92 Å². The number of carbonyl (C=O) groups excluding carboxylic acids is 1. The van der Waals surface area contributed by atoms with Gasteiger partial charge in [-0.25, -0.2) is 9.18 Å². The van der Waals surface area contributed by atoms with Crippen LogP contribution < -0.4 is 5.69 Å². The van der Waals surface area contributed by atoms with Crippen molar-refractivity contribution in [2.45, 2.75) is 20.0 Å². The van der Waals surface area contributed by atoms with Crippen LogP contribution in [-0.4, -0.2) is 22.2 Å². The summed E-state index contributed by atoms with van der Waals surface area (Å²) in [6, 6.07) is 6.10. The molecule has 1 heterocycles. The number of hydrogen-bond acceptors (Lipinski definition) is 3. The van der Waals surface area contributed by atoms with Crippen molar-refractivity contribution in [1.29, 1.82) is 0 Å². The molecule has 0 saturated heterocycles. The first-order valence-corrected chi connectivity index (χ1v) is 6.59. The lowest BCUT2D eigenvalue weighted by atomic mass is 10.2. The van der Waals surface area contributed by atoms with Crippen molar-refractivity contribution in [3.8, 4) is 0 Å².